The summed E-state index contributed by atoms with van der Waals surface area (Å²) in [7, 11) is 5.10. The predicted molar refractivity (Wildman–Crippen MR) is 127 cm³/mol. The van der Waals surface area contributed by atoms with E-state index in [0.29, 0.717) is 19.0 Å². The average Bonchev–Trinajstić information content (AvgIpc) is 2.68. The van der Waals surface area contributed by atoms with Gasteiger partial charge < -0.3 is 20.3 Å². The van der Waals surface area contributed by atoms with E-state index in [9.17, 15) is 4.79 Å². The number of amides is 1. The van der Waals surface area contributed by atoms with E-state index in [4.69, 9.17) is 4.74 Å². The standard InChI is InChI=1S/C20H25BrN4O2.HI/c1-25(2)19(26)14-24-20(22-12-15-8-10-17(21)11-9-15)23-13-16-6-4-5-7-18(16)27-3;/h4-11H,12-14H2,1-3H3,(H2,22,23,24);1H. The highest BCUT2D eigenvalue weighted by atomic mass is 127. The minimum atomic E-state index is -0.0227. The van der Waals surface area contributed by atoms with Crippen LogP contribution in [-0.4, -0.2) is 44.5 Å². The fourth-order valence-electron chi connectivity index (χ4n) is 2.28. The minimum Gasteiger partial charge on any atom is -0.496 e. The van der Waals surface area contributed by atoms with Gasteiger partial charge >= 0.3 is 0 Å². The number of methoxy groups -OCH3 is 1. The summed E-state index contributed by atoms with van der Waals surface area (Å²) in [6.07, 6.45) is 0. The van der Waals surface area contributed by atoms with E-state index in [0.717, 1.165) is 21.3 Å². The van der Waals surface area contributed by atoms with E-state index in [1.165, 1.54) is 0 Å². The van der Waals surface area contributed by atoms with E-state index in [2.05, 4.69) is 31.6 Å². The SMILES string of the molecule is COc1ccccc1CNC(=NCc1ccc(Br)cc1)NCC(=O)N(C)C.I. The second kappa shape index (κ2) is 12.6. The van der Waals surface area contributed by atoms with Gasteiger partial charge in [-0.25, -0.2) is 4.99 Å². The molecule has 2 aromatic rings. The summed E-state index contributed by atoms with van der Waals surface area (Å²) in [6, 6.07) is 15.8. The zero-order valence-corrected chi connectivity index (χ0v) is 20.2. The molecule has 28 heavy (non-hydrogen) atoms. The molecule has 6 nitrogen and oxygen atoms in total. The van der Waals surface area contributed by atoms with Gasteiger partial charge in [0.1, 0.15) is 5.75 Å². The third-order valence-electron chi connectivity index (χ3n) is 3.88. The van der Waals surface area contributed by atoms with E-state index < -0.39 is 0 Å². The van der Waals surface area contributed by atoms with E-state index in [-0.39, 0.29) is 36.4 Å². The molecule has 0 heterocycles. The van der Waals surface area contributed by atoms with Crippen LogP contribution >= 0.6 is 39.9 Å². The average molecular weight is 561 g/mol. The van der Waals surface area contributed by atoms with Crippen LogP contribution < -0.4 is 15.4 Å². The number of para-hydroxylation sites is 1. The summed E-state index contributed by atoms with van der Waals surface area (Å²) in [4.78, 5) is 18.0. The number of nitrogens with one attached hydrogen (secondary N) is 2. The highest BCUT2D eigenvalue weighted by Crippen LogP contribution is 2.16. The summed E-state index contributed by atoms with van der Waals surface area (Å²) in [5.41, 5.74) is 2.09. The molecule has 0 aliphatic carbocycles. The molecular weight excluding hydrogens is 535 g/mol. The van der Waals surface area contributed by atoms with Crippen molar-refractivity contribution < 1.29 is 9.53 Å². The third-order valence-corrected chi connectivity index (χ3v) is 4.41. The summed E-state index contributed by atoms with van der Waals surface area (Å²) in [5, 5.41) is 6.35. The topological polar surface area (TPSA) is 66.0 Å². The van der Waals surface area contributed by atoms with Crippen LogP contribution in [0.4, 0.5) is 0 Å². The number of guanidine groups is 1. The van der Waals surface area contributed by atoms with Gasteiger partial charge in [0.25, 0.3) is 0 Å². The predicted octanol–water partition coefficient (Wildman–Crippen LogP) is 3.40. The molecule has 8 heteroatoms. The van der Waals surface area contributed by atoms with Gasteiger partial charge in [-0.2, -0.15) is 0 Å². The smallest absolute Gasteiger partial charge is 0.241 e. The lowest BCUT2D eigenvalue weighted by Gasteiger charge is -2.16. The highest BCUT2D eigenvalue weighted by molar-refractivity contribution is 14.0. The summed E-state index contributed by atoms with van der Waals surface area (Å²) in [6.45, 7) is 1.21. The zero-order valence-electron chi connectivity index (χ0n) is 16.2. The molecule has 2 aromatic carbocycles. The fraction of sp³-hybridized carbons (Fsp3) is 0.300. The molecule has 0 saturated carbocycles. The molecule has 0 unspecified atom stereocenters. The van der Waals surface area contributed by atoms with Crippen molar-refractivity contribution in [3.63, 3.8) is 0 Å². The summed E-state index contributed by atoms with van der Waals surface area (Å²) < 4.78 is 6.41. The van der Waals surface area contributed by atoms with E-state index in [1.807, 2.05) is 48.5 Å². The van der Waals surface area contributed by atoms with Gasteiger partial charge in [0.05, 0.1) is 20.2 Å². The van der Waals surface area contributed by atoms with Gasteiger partial charge in [0, 0.05) is 30.7 Å². The van der Waals surface area contributed by atoms with Crippen LogP contribution in [-0.2, 0) is 17.9 Å². The Bertz CT molecular complexity index is 782. The Balaban J connectivity index is 0.00000392. The molecule has 0 bridgehead atoms. The molecule has 0 radical (unpaired) electrons. The molecule has 2 rings (SSSR count). The normalized spacial score (nSPS) is 10.6. The van der Waals surface area contributed by atoms with Crippen molar-refractivity contribution in [2.24, 2.45) is 4.99 Å². The molecule has 2 N–H and O–H groups in total. The Labute approximate surface area is 191 Å². The first-order chi connectivity index (χ1) is 13.0. The lowest BCUT2D eigenvalue weighted by molar-refractivity contribution is -0.127. The summed E-state index contributed by atoms with van der Waals surface area (Å²) >= 11 is 3.43. The molecule has 152 valence electrons. The molecule has 0 saturated heterocycles. The largest absolute Gasteiger partial charge is 0.496 e. The van der Waals surface area contributed by atoms with Crippen molar-refractivity contribution in [1.29, 1.82) is 0 Å². The lowest BCUT2D eigenvalue weighted by atomic mass is 10.2. The first-order valence-electron chi connectivity index (χ1n) is 8.58. The number of ether oxygens (including phenoxy) is 1. The van der Waals surface area contributed by atoms with Crippen LogP contribution in [0.1, 0.15) is 11.1 Å². The monoisotopic (exact) mass is 560 g/mol. The van der Waals surface area contributed by atoms with Crippen LogP contribution in [0.2, 0.25) is 0 Å². The zero-order chi connectivity index (χ0) is 19.6. The number of hydrogen-bond donors (Lipinski definition) is 2. The molecule has 0 aliphatic heterocycles. The van der Waals surface area contributed by atoms with Crippen molar-refractivity contribution in [1.82, 2.24) is 15.5 Å². The maximum absolute atomic E-state index is 11.9. The molecule has 0 aromatic heterocycles. The lowest BCUT2D eigenvalue weighted by Crippen LogP contribution is -2.42. The van der Waals surface area contributed by atoms with Gasteiger partial charge in [-0.3, -0.25) is 4.79 Å². The van der Waals surface area contributed by atoms with Gasteiger partial charge in [-0.1, -0.05) is 46.3 Å². The van der Waals surface area contributed by atoms with Crippen LogP contribution in [0.15, 0.2) is 58.0 Å². The number of rotatable bonds is 7. The van der Waals surface area contributed by atoms with Gasteiger partial charge in [-0.05, 0) is 23.8 Å². The van der Waals surface area contributed by atoms with Crippen molar-refractivity contribution >= 4 is 51.8 Å². The number of aliphatic imine (C=N–C) groups is 1. The van der Waals surface area contributed by atoms with Crippen molar-refractivity contribution in [2.75, 3.05) is 27.7 Å². The van der Waals surface area contributed by atoms with Gasteiger partial charge in [-0.15, -0.1) is 24.0 Å². The number of likely N-dealkylation sites (N-methyl/N-ethyl adjacent to an activating group) is 1. The van der Waals surface area contributed by atoms with Crippen molar-refractivity contribution in [3.8, 4) is 5.75 Å². The number of carbonyl (C=O) groups is 1. The number of nitrogens with zero attached hydrogens (tertiary/aromatic N) is 2. The minimum absolute atomic E-state index is 0. The van der Waals surface area contributed by atoms with E-state index in [1.54, 1.807) is 26.1 Å². The Morgan fingerprint density at radius 2 is 1.79 bits per heavy atom. The van der Waals surface area contributed by atoms with Crippen LogP contribution in [0, 0.1) is 0 Å². The first-order valence-corrected chi connectivity index (χ1v) is 9.37. The van der Waals surface area contributed by atoms with Crippen molar-refractivity contribution in [3.05, 3.63) is 64.1 Å². The van der Waals surface area contributed by atoms with Gasteiger partial charge in [0.2, 0.25) is 5.91 Å². The fourth-order valence-corrected chi connectivity index (χ4v) is 2.54. The molecular formula is C20H26BrIN4O2. The first kappa shape index (κ1) is 24.2. The number of carbonyl (C=O) groups excluding carboxylic acids is 1. The second-order valence-electron chi connectivity index (χ2n) is 6.10. The van der Waals surface area contributed by atoms with Gasteiger partial charge in [0.15, 0.2) is 5.96 Å². The Hall–Kier alpha value is -1.81. The molecule has 0 spiro atoms. The summed E-state index contributed by atoms with van der Waals surface area (Å²) in [5.74, 6) is 1.35. The Kier molecular flexibility index (Phi) is 10.9. The maximum Gasteiger partial charge on any atom is 0.241 e. The number of benzene rings is 2. The molecule has 0 atom stereocenters. The Morgan fingerprint density at radius 3 is 2.43 bits per heavy atom. The highest BCUT2D eigenvalue weighted by Gasteiger charge is 2.07. The number of hydrogen-bond acceptors (Lipinski definition) is 3. The second-order valence-corrected chi connectivity index (χ2v) is 7.01. The molecule has 0 fully saturated rings. The van der Waals surface area contributed by atoms with Crippen LogP contribution in [0.5, 0.6) is 5.75 Å². The van der Waals surface area contributed by atoms with E-state index >= 15 is 0 Å². The van der Waals surface area contributed by atoms with Crippen molar-refractivity contribution in [2.45, 2.75) is 13.1 Å². The third kappa shape index (κ3) is 8.05. The van der Waals surface area contributed by atoms with Crippen LogP contribution in [0.3, 0.4) is 0 Å². The molecule has 0 aliphatic rings. The Morgan fingerprint density at radius 1 is 1.11 bits per heavy atom. The maximum atomic E-state index is 11.9. The number of halogens is 2. The van der Waals surface area contributed by atoms with Crippen LogP contribution in [0.25, 0.3) is 0 Å². The molecule has 1 amide bonds. The quantitative estimate of drug-likeness (QED) is 0.309.